The van der Waals surface area contributed by atoms with Crippen molar-refractivity contribution in [2.45, 2.75) is 97.4 Å². The second-order valence-electron chi connectivity index (χ2n) is 10.6. The molecule has 0 aliphatic rings. The van der Waals surface area contributed by atoms with Gasteiger partial charge in [0.15, 0.2) is 0 Å². The molecule has 3 heteroatoms. The van der Waals surface area contributed by atoms with E-state index in [2.05, 4.69) is 72.1 Å². The number of hydrogen-bond donors (Lipinski definition) is 0. The van der Waals surface area contributed by atoms with Crippen LogP contribution < -0.4 is 0 Å². The van der Waals surface area contributed by atoms with Gasteiger partial charge in [-0.1, -0.05) is 128 Å². The van der Waals surface area contributed by atoms with Crippen LogP contribution in [0, 0.1) is 16.9 Å². The first-order valence-corrected chi connectivity index (χ1v) is 15.2. The third-order valence-corrected chi connectivity index (χ3v) is 13.6. The Morgan fingerprint density at radius 2 is 1.35 bits per heavy atom. The van der Waals surface area contributed by atoms with E-state index in [1.165, 1.54) is 0 Å². The third kappa shape index (κ3) is 6.86. The first-order valence-electron chi connectivity index (χ1n) is 13.0. The highest BCUT2D eigenvalue weighted by Gasteiger charge is 2.44. The Labute approximate surface area is 209 Å². The molecule has 0 fully saturated rings. The molecule has 0 N–H and O–H groups in total. The molecule has 34 heavy (non-hydrogen) atoms. The summed E-state index contributed by atoms with van der Waals surface area (Å²) in [5.41, 5.74) is 6.72. The molecule has 0 saturated heterocycles. The van der Waals surface area contributed by atoms with Crippen LogP contribution in [-0.4, -0.2) is 14.0 Å². The maximum absolute atomic E-state index is 13.9. The van der Waals surface area contributed by atoms with Crippen molar-refractivity contribution < 1.29 is 9.53 Å². The summed E-state index contributed by atoms with van der Waals surface area (Å²) in [6.07, 6.45) is 3.28. The summed E-state index contributed by atoms with van der Waals surface area (Å²) >= 11 is 0. The molecule has 2 aromatic rings. The van der Waals surface area contributed by atoms with Crippen LogP contribution in [0.5, 0.6) is 0 Å². The highest BCUT2D eigenvalue weighted by atomic mass is 28.3. The number of carbonyl (C=O) groups excluding carboxylic acids is 1. The average Bonchev–Trinajstić information content (AvgIpc) is 2.81. The molecule has 2 rings (SSSR count). The van der Waals surface area contributed by atoms with Gasteiger partial charge < -0.3 is 4.74 Å². The quantitative estimate of drug-likeness (QED) is 0.185. The molecule has 0 radical (unpaired) electrons. The van der Waals surface area contributed by atoms with Crippen LogP contribution in [0.2, 0.25) is 16.6 Å². The van der Waals surface area contributed by atoms with Crippen LogP contribution in [-0.2, 0) is 22.6 Å². The van der Waals surface area contributed by atoms with Crippen molar-refractivity contribution in [1.29, 1.82) is 0 Å². The zero-order chi connectivity index (χ0) is 25.2. The zero-order valence-electron chi connectivity index (χ0n) is 22.4. The van der Waals surface area contributed by atoms with E-state index in [1.807, 2.05) is 48.5 Å². The highest BCUT2D eigenvalue weighted by molar-refractivity contribution is 6.90. The van der Waals surface area contributed by atoms with Crippen LogP contribution in [0.1, 0.15) is 78.9 Å². The van der Waals surface area contributed by atoms with Gasteiger partial charge in [-0.3, -0.25) is 4.79 Å². The van der Waals surface area contributed by atoms with E-state index < -0.39 is 13.5 Å². The predicted octanol–water partition coefficient (Wildman–Crippen LogP) is 8.37. The largest absolute Gasteiger partial charge is 0.460 e. The van der Waals surface area contributed by atoms with E-state index in [4.69, 9.17) is 4.74 Å². The summed E-state index contributed by atoms with van der Waals surface area (Å²) in [4.78, 5) is 13.9. The van der Waals surface area contributed by atoms with Crippen molar-refractivity contribution in [3.63, 3.8) is 0 Å². The minimum absolute atomic E-state index is 0.180. The van der Waals surface area contributed by atoms with Gasteiger partial charge in [0.25, 0.3) is 0 Å². The third-order valence-electron chi connectivity index (χ3n) is 7.29. The van der Waals surface area contributed by atoms with Crippen molar-refractivity contribution >= 4 is 14.0 Å². The normalized spacial score (nSPS) is 13.5. The number of unbranched alkanes of at least 4 members (excludes halogenated alkanes) is 1. The molecule has 0 amide bonds. The van der Waals surface area contributed by atoms with Crippen molar-refractivity contribution in [1.82, 2.24) is 0 Å². The number of benzene rings is 2. The molecular weight excluding hydrogens is 432 g/mol. The van der Waals surface area contributed by atoms with Crippen molar-refractivity contribution in [3.05, 3.63) is 71.8 Å². The summed E-state index contributed by atoms with van der Waals surface area (Å²) in [6.45, 7) is 16.4. The van der Waals surface area contributed by atoms with Crippen LogP contribution in [0.25, 0.3) is 0 Å². The van der Waals surface area contributed by atoms with Gasteiger partial charge >= 0.3 is 5.97 Å². The SMILES string of the molecule is CCCCC(C#C[Si](C(C)C)(C(C)C)C(C)C)(Cc1ccccc1)C(=O)OCc1ccccc1. The first-order chi connectivity index (χ1) is 16.2. The lowest BCUT2D eigenvalue weighted by Crippen LogP contribution is -2.44. The Morgan fingerprint density at radius 3 is 1.82 bits per heavy atom. The summed E-state index contributed by atoms with van der Waals surface area (Å²) < 4.78 is 5.98. The minimum atomic E-state index is -2.00. The molecule has 1 atom stereocenters. The van der Waals surface area contributed by atoms with E-state index in [-0.39, 0.29) is 12.6 Å². The van der Waals surface area contributed by atoms with Gasteiger partial charge in [-0.25, -0.2) is 0 Å². The van der Waals surface area contributed by atoms with E-state index in [0.29, 0.717) is 23.0 Å². The fourth-order valence-electron chi connectivity index (χ4n) is 5.37. The standard InChI is InChI=1S/C31H44O2Si/c1-8-9-20-31(23-28-16-12-10-13-17-28,30(32)33-24-29-18-14-11-15-19-29)21-22-34(25(2)3,26(4)5)27(6)7/h10-19,25-27H,8-9,20,23-24H2,1-7H3. The monoisotopic (exact) mass is 476 g/mol. The molecule has 0 spiro atoms. The van der Waals surface area contributed by atoms with Crippen LogP contribution in [0.4, 0.5) is 0 Å². The summed E-state index contributed by atoms with van der Waals surface area (Å²) in [6, 6.07) is 20.2. The lowest BCUT2D eigenvalue weighted by atomic mass is 9.78. The van der Waals surface area contributed by atoms with Crippen molar-refractivity contribution in [2.75, 3.05) is 0 Å². The molecule has 1 unspecified atom stereocenters. The Bertz CT molecular complexity index is 916. The average molecular weight is 477 g/mol. The predicted molar refractivity (Wildman–Crippen MR) is 147 cm³/mol. The second kappa shape index (κ2) is 13.0. The van der Waals surface area contributed by atoms with Gasteiger partial charge in [0.05, 0.1) is 0 Å². The summed E-state index contributed by atoms with van der Waals surface area (Å²) in [5.74, 6) is 3.49. The topological polar surface area (TPSA) is 26.3 Å². The Hall–Kier alpha value is -2.31. The summed E-state index contributed by atoms with van der Waals surface area (Å²) in [7, 11) is -2.00. The Kier molecular flexibility index (Phi) is 10.6. The van der Waals surface area contributed by atoms with Gasteiger partial charge in [0.2, 0.25) is 0 Å². The Balaban J connectivity index is 2.57. The number of carbonyl (C=O) groups is 1. The maximum atomic E-state index is 13.9. The fourth-order valence-corrected chi connectivity index (χ4v) is 10.7. The summed E-state index contributed by atoms with van der Waals surface area (Å²) in [5, 5.41) is 0. The van der Waals surface area contributed by atoms with Gasteiger partial charge in [0, 0.05) is 0 Å². The lowest BCUT2D eigenvalue weighted by Gasteiger charge is -2.38. The fraction of sp³-hybridized carbons (Fsp3) is 0.516. The molecule has 0 aliphatic carbocycles. The zero-order valence-corrected chi connectivity index (χ0v) is 23.4. The van der Waals surface area contributed by atoms with Crippen molar-refractivity contribution in [2.24, 2.45) is 5.41 Å². The molecule has 184 valence electrons. The molecule has 0 heterocycles. The first kappa shape index (κ1) is 27.9. The van der Waals surface area contributed by atoms with Crippen LogP contribution >= 0.6 is 0 Å². The number of esters is 1. The van der Waals surface area contributed by atoms with Gasteiger partial charge in [-0.15, -0.1) is 5.54 Å². The van der Waals surface area contributed by atoms with E-state index in [0.717, 1.165) is 30.4 Å². The Morgan fingerprint density at radius 1 is 0.853 bits per heavy atom. The van der Waals surface area contributed by atoms with Gasteiger partial charge in [-0.05, 0) is 40.6 Å². The van der Waals surface area contributed by atoms with Gasteiger partial charge in [-0.2, -0.15) is 0 Å². The molecule has 0 aliphatic heterocycles. The molecular formula is C31H44O2Si. The lowest BCUT2D eigenvalue weighted by molar-refractivity contribution is -0.154. The van der Waals surface area contributed by atoms with E-state index >= 15 is 0 Å². The van der Waals surface area contributed by atoms with Crippen LogP contribution in [0.3, 0.4) is 0 Å². The van der Waals surface area contributed by atoms with Gasteiger partial charge in [0.1, 0.15) is 20.1 Å². The number of ether oxygens (including phenoxy) is 1. The van der Waals surface area contributed by atoms with Crippen LogP contribution in [0.15, 0.2) is 60.7 Å². The van der Waals surface area contributed by atoms with Crippen molar-refractivity contribution in [3.8, 4) is 11.5 Å². The van der Waals surface area contributed by atoms with E-state index in [9.17, 15) is 4.79 Å². The number of rotatable bonds is 11. The molecule has 0 bridgehead atoms. The molecule has 2 nitrogen and oxygen atoms in total. The molecule has 0 saturated carbocycles. The highest BCUT2D eigenvalue weighted by Crippen LogP contribution is 2.42. The molecule has 2 aromatic carbocycles. The van der Waals surface area contributed by atoms with E-state index in [1.54, 1.807) is 0 Å². The maximum Gasteiger partial charge on any atom is 0.324 e. The number of hydrogen-bond acceptors (Lipinski definition) is 2. The smallest absolute Gasteiger partial charge is 0.324 e. The molecule has 0 aromatic heterocycles. The second-order valence-corrected chi connectivity index (χ2v) is 16.1. The minimum Gasteiger partial charge on any atom is -0.460 e.